The van der Waals surface area contributed by atoms with Crippen LogP contribution in [0.3, 0.4) is 0 Å². The van der Waals surface area contributed by atoms with E-state index < -0.39 is 28.4 Å². The van der Waals surface area contributed by atoms with Crippen molar-refractivity contribution in [3.63, 3.8) is 0 Å². The van der Waals surface area contributed by atoms with E-state index in [2.05, 4.69) is 10.0 Å². The van der Waals surface area contributed by atoms with Gasteiger partial charge < -0.3 is 10.1 Å². The third-order valence-electron chi connectivity index (χ3n) is 4.09. The predicted molar refractivity (Wildman–Crippen MR) is 117 cm³/mol. The third-order valence-corrected chi connectivity index (χ3v) is 5.13. The highest BCUT2D eigenvalue weighted by molar-refractivity contribution is 7.92. The molecule has 7 nitrogen and oxygen atoms in total. The number of amides is 1. The molecule has 0 saturated heterocycles. The molecule has 0 fully saturated rings. The molecule has 0 bridgehead atoms. The van der Waals surface area contributed by atoms with Crippen molar-refractivity contribution in [2.75, 3.05) is 18.5 Å². The van der Waals surface area contributed by atoms with Crippen molar-refractivity contribution in [1.29, 1.82) is 0 Å². The summed E-state index contributed by atoms with van der Waals surface area (Å²) in [6.45, 7) is 3.90. The number of ether oxygens (including phenoxy) is 1. The average molecular weight is 431 g/mol. The molecule has 0 heterocycles. The van der Waals surface area contributed by atoms with Gasteiger partial charge in [0.2, 0.25) is 15.9 Å². The van der Waals surface area contributed by atoms with Crippen LogP contribution in [0.1, 0.15) is 41.3 Å². The van der Waals surface area contributed by atoms with Gasteiger partial charge in [0.1, 0.15) is 0 Å². The second kappa shape index (κ2) is 11.3. The molecule has 1 amide bonds. The molecule has 0 atom stereocenters. The Balaban J connectivity index is 1.83. The number of unbranched alkanes of at least 4 members (excludes halogenated alkanes) is 1. The van der Waals surface area contributed by atoms with Crippen molar-refractivity contribution >= 4 is 33.7 Å². The molecule has 0 radical (unpaired) electrons. The lowest BCUT2D eigenvalue weighted by molar-refractivity contribution is -0.115. The largest absolute Gasteiger partial charge is 0.462 e. The van der Waals surface area contributed by atoms with Gasteiger partial charge in [-0.2, -0.15) is 0 Å². The minimum atomic E-state index is -3.76. The van der Waals surface area contributed by atoms with Crippen LogP contribution < -0.4 is 10.0 Å². The smallest absolute Gasteiger partial charge is 0.338 e. The van der Waals surface area contributed by atoms with Gasteiger partial charge >= 0.3 is 5.97 Å². The second-order valence-corrected chi connectivity index (χ2v) is 8.35. The lowest BCUT2D eigenvalue weighted by atomic mass is 10.2. The highest BCUT2D eigenvalue weighted by Crippen LogP contribution is 2.11. The van der Waals surface area contributed by atoms with Crippen molar-refractivity contribution in [3.05, 3.63) is 70.6 Å². The first-order valence-corrected chi connectivity index (χ1v) is 11.1. The Morgan fingerprint density at radius 2 is 1.70 bits per heavy atom. The Labute approximate surface area is 177 Å². The fourth-order valence-corrected chi connectivity index (χ4v) is 3.11. The monoisotopic (exact) mass is 430 g/mol. The number of benzene rings is 2. The minimum absolute atomic E-state index is 0.367. The van der Waals surface area contributed by atoms with Gasteiger partial charge in [-0.3, -0.25) is 4.79 Å². The number of hydrogen-bond donors (Lipinski definition) is 2. The van der Waals surface area contributed by atoms with E-state index in [1.807, 2.05) is 26.0 Å². The summed E-state index contributed by atoms with van der Waals surface area (Å²) in [5.41, 5.74) is 2.64. The summed E-state index contributed by atoms with van der Waals surface area (Å²) >= 11 is 0. The predicted octanol–water partition coefficient (Wildman–Crippen LogP) is 3.48. The molecule has 8 heteroatoms. The summed E-state index contributed by atoms with van der Waals surface area (Å²) < 4.78 is 31.4. The van der Waals surface area contributed by atoms with Crippen molar-refractivity contribution in [3.8, 4) is 0 Å². The van der Waals surface area contributed by atoms with Crippen LogP contribution in [0.2, 0.25) is 0 Å². The number of hydrogen-bond acceptors (Lipinski definition) is 5. The molecule has 2 aromatic carbocycles. The van der Waals surface area contributed by atoms with Crippen LogP contribution in [0.25, 0.3) is 6.08 Å². The molecule has 0 saturated carbocycles. The van der Waals surface area contributed by atoms with E-state index in [0.717, 1.165) is 29.4 Å². The number of aryl methyl sites for hydroxylation is 1. The summed E-state index contributed by atoms with van der Waals surface area (Å²) in [6.07, 6.45) is 3.19. The summed E-state index contributed by atoms with van der Waals surface area (Å²) in [6, 6.07) is 13.6. The quantitative estimate of drug-likeness (QED) is 0.444. The molecule has 0 aliphatic carbocycles. The zero-order valence-electron chi connectivity index (χ0n) is 17.1. The zero-order valence-corrected chi connectivity index (χ0v) is 17.9. The fourth-order valence-electron chi connectivity index (χ4n) is 2.35. The van der Waals surface area contributed by atoms with Crippen molar-refractivity contribution < 1.29 is 22.7 Å². The molecule has 2 N–H and O–H groups in total. The molecule has 160 valence electrons. The van der Waals surface area contributed by atoms with Crippen LogP contribution in [0.15, 0.2) is 53.9 Å². The number of rotatable bonds is 10. The molecule has 2 rings (SSSR count). The topological polar surface area (TPSA) is 102 Å². The molecule has 0 aliphatic rings. The van der Waals surface area contributed by atoms with Gasteiger partial charge in [0.25, 0.3) is 0 Å². The first kappa shape index (κ1) is 23.3. The van der Waals surface area contributed by atoms with E-state index in [1.54, 1.807) is 36.4 Å². The highest BCUT2D eigenvalue weighted by Gasteiger charge is 2.10. The van der Waals surface area contributed by atoms with E-state index in [1.165, 1.54) is 6.08 Å². The Morgan fingerprint density at radius 1 is 1.03 bits per heavy atom. The van der Waals surface area contributed by atoms with Crippen LogP contribution in [0.5, 0.6) is 0 Å². The summed E-state index contributed by atoms with van der Waals surface area (Å²) in [7, 11) is -3.76. The SMILES string of the molecule is CCCCOC(=O)c1ccc(NC(=O)CNS(=O)(=O)/C=C/c2ccc(C)cc2)cc1. The molecule has 0 aliphatic heterocycles. The van der Waals surface area contributed by atoms with E-state index in [4.69, 9.17) is 4.74 Å². The van der Waals surface area contributed by atoms with E-state index in [-0.39, 0.29) is 0 Å². The number of esters is 1. The molecule has 0 aromatic heterocycles. The Kier molecular flexibility index (Phi) is 8.76. The van der Waals surface area contributed by atoms with E-state index in [0.29, 0.717) is 17.9 Å². The molecule has 2 aromatic rings. The van der Waals surface area contributed by atoms with Gasteiger partial charge in [-0.1, -0.05) is 43.2 Å². The van der Waals surface area contributed by atoms with Gasteiger partial charge in [-0.15, -0.1) is 0 Å². The summed E-state index contributed by atoms with van der Waals surface area (Å²) in [5, 5.41) is 3.59. The Hall–Kier alpha value is -2.97. The number of carbonyl (C=O) groups excluding carboxylic acids is 2. The summed E-state index contributed by atoms with van der Waals surface area (Å²) in [4.78, 5) is 23.9. The Bertz CT molecular complexity index is 981. The van der Waals surface area contributed by atoms with Crippen molar-refractivity contribution in [1.82, 2.24) is 4.72 Å². The second-order valence-electron chi connectivity index (χ2n) is 6.69. The maximum atomic E-state index is 12.0. The Morgan fingerprint density at radius 3 is 2.33 bits per heavy atom. The standard InChI is InChI=1S/C22H26N2O5S/c1-3-4-14-29-22(26)19-9-11-20(12-10-19)24-21(25)16-23-30(27,28)15-13-18-7-5-17(2)6-8-18/h5-13,15,23H,3-4,14,16H2,1-2H3,(H,24,25)/b15-13+. The van der Waals surface area contributed by atoms with Crippen molar-refractivity contribution in [2.24, 2.45) is 0 Å². The fraction of sp³-hybridized carbons (Fsp3) is 0.273. The lowest BCUT2D eigenvalue weighted by Crippen LogP contribution is -2.31. The van der Waals surface area contributed by atoms with Crippen LogP contribution in [-0.2, 0) is 19.6 Å². The zero-order chi connectivity index (χ0) is 22.0. The maximum absolute atomic E-state index is 12.0. The van der Waals surface area contributed by atoms with Crippen molar-refractivity contribution in [2.45, 2.75) is 26.7 Å². The van der Waals surface area contributed by atoms with Gasteiger partial charge in [0, 0.05) is 11.1 Å². The summed E-state index contributed by atoms with van der Waals surface area (Å²) in [5.74, 6) is -0.949. The van der Waals surface area contributed by atoms with Gasteiger partial charge in [-0.05, 0) is 49.2 Å². The van der Waals surface area contributed by atoms with Crippen LogP contribution >= 0.6 is 0 Å². The maximum Gasteiger partial charge on any atom is 0.338 e. The average Bonchev–Trinajstić information content (AvgIpc) is 2.73. The van der Waals surface area contributed by atoms with Gasteiger partial charge in [0.05, 0.1) is 18.7 Å². The first-order chi connectivity index (χ1) is 14.3. The number of sulfonamides is 1. The minimum Gasteiger partial charge on any atom is -0.462 e. The molecule has 0 unspecified atom stereocenters. The molecular formula is C22H26N2O5S. The van der Waals surface area contributed by atoms with E-state index >= 15 is 0 Å². The molecular weight excluding hydrogens is 404 g/mol. The number of anilines is 1. The first-order valence-electron chi connectivity index (χ1n) is 9.60. The van der Waals surface area contributed by atoms with Crippen LogP contribution in [0.4, 0.5) is 5.69 Å². The molecule has 30 heavy (non-hydrogen) atoms. The van der Waals surface area contributed by atoms with E-state index in [9.17, 15) is 18.0 Å². The van der Waals surface area contributed by atoms with Gasteiger partial charge in [0.15, 0.2) is 0 Å². The molecule has 0 spiro atoms. The van der Waals surface area contributed by atoms with Crippen LogP contribution in [-0.4, -0.2) is 33.4 Å². The lowest BCUT2D eigenvalue weighted by Gasteiger charge is -2.07. The highest BCUT2D eigenvalue weighted by atomic mass is 32.2. The normalized spacial score (nSPS) is 11.4. The van der Waals surface area contributed by atoms with Crippen LogP contribution in [0, 0.1) is 6.92 Å². The number of nitrogens with one attached hydrogen (secondary N) is 2. The number of carbonyl (C=O) groups is 2. The van der Waals surface area contributed by atoms with Gasteiger partial charge in [-0.25, -0.2) is 17.9 Å². The third kappa shape index (κ3) is 8.18.